The van der Waals surface area contributed by atoms with Gasteiger partial charge in [-0.2, -0.15) is 0 Å². The molecule has 0 radical (unpaired) electrons. The third-order valence-corrected chi connectivity index (χ3v) is 8.87. The molecule has 0 spiro atoms. The molecule has 2 N–H and O–H groups in total. The smallest absolute Gasteiger partial charge is 0.251 e. The zero-order valence-electron chi connectivity index (χ0n) is 25.1. The number of hydrogen-bond donors (Lipinski definition) is 2. The van der Waals surface area contributed by atoms with Gasteiger partial charge in [0.1, 0.15) is 0 Å². The number of hydrogen-bond acceptors (Lipinski definition) is 4. The van der Waals surface area contributed by atoms with E-state index in [1.54, 1.807) is 16.7 Å². The Balaban J connectivity index is 1.20. The average Bonchev–Trinajstić information content (AvgIpc) is 3.02. The number of allylic oxidation sites excluding steroid dienone is 1. The van der Waals surface area contributed by atoms with E-state index < -0.39 is 0 Å². The summed E-state index contributed by atoms with van der Waals surface area (Å²) in [7, 11) is 0. The first-order chi connectivity index (χ1) is 21.4. The summed E-state index contributed by atoms with van der Waals surface area (Å²) in [5.74, 6) is -0.0742. The monoisotopic (exact) mass is 604 g/mol. The van der Waals surface area contributed by atoms with Crippen LogP contribution in [0.3, 0.4) is 0 Å². The summed E-state index contributed by atoms with van der Waals surface area (Å²) in [5, 5.41) is 7.44. The first-order valence-corrected chi connectivity index (χ1v) is 15.6. The van der Waals surface area contributed by atoms with Crippen LogP contribution in [0, 0.1) is 0 Å². The van der Waals surface area contributed by atoms with E-state index in [0.717, 1.165) is 59.6 Å². The Morgan fingerprint density at radius 1 is 0.955 bits per heavy atom. The van der Waals surface area contributed by atoms with Crippen LogP contribution < -0.4 is 21.1 Å². The lowest BCUT2D eigenvalue weighted by atomic mass is 9.91. The summed E-state index contributed by atoms with van der Waals surface area (Å²) < 4.78 is 1.71. The fourth-order valence-corrected chi connectivity index (χ4v) is 6.25. The van der Waals surface area contributed by atoms with E-state index in [-0.39, 0.29) is 17.5 Å². The molecule has 0 fully saturated rings. The molecule has 0 aliphatic carbocycles. The number of carbonyl (C=O) groups excluding carboxylic acids is 1. The highest BCUT2D eigenvalue weighted by atomic mass is 35.5. The molecule has 6 nitrogen and oxygen atoms in total. The number of anilines is 2. The highest BCUT2D eigenvalue weighted by Crippen LogP contribution is 2.36. The van der Waals surface area contributed by atoms with E-state index in [4.69, 9.17) is 11.6 Å². The Morgan fingerprint density at radius 2 is 1.70 bits per heavy atom. The molecule has 1 aromatic heterocycles. The maximum absolute atomic E-state index is 13.8. The molecule has 3 heterocycles. The molecule has 0 saturated heterocycles. The fraction of sp³-hybridized carbons (Fsp3) is 0.243. The maximum atomic E-state index is 13.8. The van der Waals surface area contributed by atoms with Crippen molar-refractivity contribution in [2.75, 3.05) is 23.3 Å². The van der Waals surface area contributed by atoms with Gasteiger partial charge in [0.05, 0.1) is 6.54 Å². The second-order valence-electron chi connectivity index (χ2n) is 11.6. The van der Waals surface area contributed by atoms with Crippen LogP contribution in [0.15, 0.2) is 108 Å². The van der Waals surface area contributed by atoms with Gasteiger partial charge in [0.2, 0.25) is 0 Å². The Labute approximate surface area is 263 Å². The SMILES string of the molecule is CC1=C(CNC(=O)C2=CCCCN(Cc3ccc(Cn4ccccc4=O)cc3)c3ccccc32)c2cc(Cl)ccc2NC1C. The van der Waals surface area contributed by atoms with Crippen molar-refractivity contribution >= 4 is 40.0 Å². The van der Waals surface area contributed by atoms with Crippen LogP contribution in [0.1, 0.15) is 48.9 Å². The van der Waals surface area contributed by atoms with Gasteiger partial charge in [-0.1, -0.05) is 66.2 Å². The number of halogens is 1. The molecule has 0 saturated carbocycles. The lowest BCUT2D eigenvalue weighted by Crippen LogP contribution is -2.32. The Bertz CT molecular complexity index is 1800. The van der Waals surface area contributed by atoms with Crippen LogP contribution in [0.2, 0.25) is 5.02 Å². The molecule has 0 bridgehead atoms. The van der Waals surface area contributed by atoms with E-state index in [1.165, 1.54) is 11.1 Å². The van der Waals surface area contributed by atoms with Crippen molar-refractivity contribution in [2.24, 2.45) is 0 Å². The normalized spacial score (nSPS) is 16.2. The molecule has 4 aromatic rings. The lowest BCUT2D eigenvalue weighted by molar-refractivity contribution is -0.115. The largest absolute Gasteiger partial charge is 0.378 e. The van der Waals surface area contributed by atoms with Gasteiger partial charge in [-0.05, 0) is 79.3 Å². The van der Waals surface area contributed by atoms with Gasteiger partial charge in [0.25, 0.3) is 11.5 Å². The Kier molecular flexibility index (Phi) is 8.71. The minimum atomic E-state index is -0.0742. The van der Waals surface area contributed by atoms with Crippen molar-refractivity contribution in [1.82, 2.24) is 9.88 Å². The van der Waals surface area contributed by atoms with Crippen molar-refractivity contribution in [1.29, 1.82) is 0 Å². The second kappa shape index (κ2) is 13.0. The summed E-state index contributed by atoms with van der Waals surface area (Å²) in [5.41, 5.74) is 9.32. The number of rotatable bonds is 7. The summed E-state index contributed by atoms with van der Waals surface area (Å²) >= 11 is 6.35. The maximum Gasteiger partial charge on any atom is 0.251 e. The third kappa shape index (κ3) is 6.36. The first kappa shape index (κ1) is 29.5. The van der Waals surface area contributed by atoms with Gasteiger partial charge >= 0.3 is 0 Å². The van der Waals surface area contributed by atoms with Crippen LogP contribution in [-0.2, 0) is 17.9 Å². The number of pyridine rings is 1. The van der Waals surface area contributed by atoms with E-state index in [1.807, 2.05) is 48.7 Å². The van der Waals surface area contributed by atoms with Crippen molar-refractivity contribution in [3.8, 4) is 0 Å². The highest BCUT2D eigenvalue weighted by Gasteiger charge is 2.24. The fourth-order valence-electron chi connectivity index (χ4n) is 6.08. The molecule has 1 atom stereocenters. The molecule has 44 heavy (non-hydrogen) atoms. The van der Waals surface area contributed by atoms with Crippen LogP contribution in [0.25, 0.3) is 11.1 Å². The number of nitrogens with one attached hydrogen (secondary N) is 2. The number of nitrogens with zero attached hydrogens (tertiary/aromatic N) is 2. The summed E-state index contributed by atoms with van der Waals surface area (Å²) in [6, 6.07) is 27.9. The number of amides is 1. The van der Waals surface area contributed by atoms with Gasteiger partial charge in [-0.25, -0.2) is 0 Å². The van der Waals surface area contributed by atoms with E-state index in [2.05, 4.69) is 65.8 Å². The van der Waals surface area contributed by atoms with Crippen molar-refractivity contribution in [2.45, 2.75) is 45.8 Å². The van der Waals surface area contributed by atoms with Crippen LogP contribution in [-0.4, -0.2) is 29.6 Å². The first-order valence-electron chi connectivity index (χ1n) is 15.2. The minimum absolute atomic E-state index is 0.00640. The standard InChI is InChI=1S/C37H37ClN4O2/c1-25-26(2)40-34-18-17-29(38)21-32(34)33(25)22-39-37(44)31-10-5-7-19-41(35-11-4-3-9-30(31)35)23-27-13-15-28(16-14-27)24-42-20-8-6-12-36(42)43/h3-4,6,8-18,20-21,26,40H,5,7,19,22-24H2,1-2H3,(H,39,44). The van der Waals surface area contributed by atoms with E-state index in [0.29, 0.717) is 23.7 Å². The van der Waals surface area contributed by atoms with Gasteiger partial charge in [0, 0.05) is 71.0 Å². The van der Waals surface area contributed by atoms with Gasteiger partial charge in [-0.15, -0.1) is 0 Å². The predicted molar refractivity (Wildman–Crippen MR) is 181 cm³/mol. The molecule has 6 rings (SSSR count). The molecule has 1 amide bonds. The average molecular weight is 605 g/mol. The second-order valence-corrected chi connectivity index (χ2v) is 12.0. The van der Waals surface area contributed by atoms with E-state index >= 15 is 0 Å². The van der Waals surface area contributed by atoms with E-state index in [9.17, 15) is 9.59 Å². The quantitative estimate of drug-likeness (QED) is 0.235. The number of benzene rings is 3. The summed E-state index contributed by atoms with van der Waals surface area (Å²) in [6.07, 6.45) is 5.66. The lowest BCUT2D eigenvalue weighted by Gasteiger charge is -2.30. The van der Waals surface area contributed by atoms with Crippen molar-refractivity contribution in [3.05, 3.63) is 140 Å². The minimum Gasteiger partial charge on any atom is -0.378 e. The number of aromatic nitrogens is 1. The molecular formula is C37H37ClN4O2. The van der Waals surface area contributed by atoms with Gasteiger partial charge in [-0.3, -0.25) is 9.59 Å². The predicted octanol–water partition coefficient (Wildman–Crippen LogP) is 7.14. The molecule has 2 aliphatic heterocycles. The van der Waals surface area contributed by atoms with Gasteiger partial charge in [0.15, 0.2) is 0 Å². The topological polar surface area (TPSA) is 66.4 Å². The van der Waals surface area contributed by atoms with Crippen LogP contribution in [0.4, 0.5) is 11.4 Å². The molecule has 7 heteroatoms. The van der Waals surface area contributed by atoms with Crippen molar-refractivity contribution < 1.29 is 4.79 Å². The molecule has 224 valence electrons. The zero-order valence-corrected chi connectivity index (χ0v) is 25.9. The van der Waals surface area contributed by atoms with Gasteiger partial charge < -0.3 is 20.1 Å². The third-order valence-electron chi connectivity index (χ3n) is 8.64. The molecule has 2 aliphatic rings. The van der Waals surface area contributed by atoms with Crippen molar-refractivity contribution in [3.63, 3.8) is 0 Å². The van der Waals surface area contributed by atoms with Crippen LogP contribution >= 0.6 is 11.6 Å². The highest BCUT2D eigenvalue weighted by molar-refractivity contribution is 6.31. The number of fused-ring (bicyclic) bond motifs is 2. The number of carbonyl (C=O) groups is 1. The molecule has 1 unspecified atom stereocenters. The summed E-state index contributed by atoms with van der Waals surface area (Å²) in [4.78, 5) is 28.3. The Morgan fingerprint density at radius 3 is 2.50 bits per heavy atom. The van der Waals surface area contributed by atoms with Crippen LogP contribution in [0.5, 0.6) is 0 Å². The molecule has 3 aromatic carbocycles. The zero-order chi connectivity index (χ0) is 30.6. The summed E-state index contributed by atoms with van der Waals surface area (Å²) in [6.45, 7) is 6.83. The number of para-hydroxylation sites is 1. The Hall–Kier alpha value is -4.55. The molecular weight excluding hydrogens is 568 g/mol.